The lowest BCUT2D eigenvalue weighted by Crippen LogP contribution is -2.33. The van der Waals surface area contributed by atoms with Gasteiger partial charge in [-0.05, 0) is 6.92 Å². The van der Waals surface area contributed by atoms with Crippen molar-refractivity contribution in [1.82, 2.24) is 34.7 Å². The maximum absolute atomic E-state index is 14.4. The van der Waals surface area contributed by atoms with Gasteiger partial charge in [-0.3, -0.25) is 9.29 Å². The van der Waals surface area contributed by atoms with Gasteiger partial charge in [0, 0.05) is 25.4 Å². The molecule has 4 unspecified atom stereocenters. The molecule has 3 aromatic rings. The second-order valence-electron chi connectivity index (χ2n) is 8.17. The Morgan fingerprint density at radius 3 is 2.14 bits per heavy atom. The predicted molar refractivity (Wildman–Crippen MR) is 126 cm³/mol. The first-order valence-corrected chi connectivity index (χ1v) is 12.7. The molecule has 1 N–H and O–H groups in total. The number of alkyl halides is 2. The van der Waals surface area contributed by atoms with Crippen molar-refractivity contribution in [3.63, 3.8) is 0 Å². The van der Waals surface area contributed by atoms with Crippen molar-refractivity contribution in [2.75, 3.05) is 26.1 Å². The number of aromatic nitrogens is 7. The van der Waals surface area contributed by atoms with Crippen molar-refractivity contribution in [3.8, 4) is 17.4 Å². The Kier molecular flexibility index (Phi) is 7.18. The van der Waals surface area contributed by atoms with E-state index in [-0.39, 0.29) is 34.1 Å². The molecule has 13 nitrogen and oxygen atoms in total. The van der Waals surface area contributed by atoms with Crippen molar-refractivity contribution >= 4 is 27.6 Å². The Balaban J connectivity index is 1.80. The van der Waals surface area contributed by atoms with Crippen LogP contribution in [0.1, 0.15) is 37.5 Å². The molecule has 37 heavy (non-hydrogen) atoms. The first-order chi connectivity index (χ1) is 17.5. The molecule has 0 aliphatic heterocycles. The Labute approximate surface area is 215 Å². The maximum Gasteiger partial charge on any atom is 0.261 e. The molecule has 17 heteroatoms. The third kappa shape index (κ3) is 4.75. The van der Waals surface area contributed by atoms with Gasteiger partial charge in [0.2, 0.25) is 27.7 Å². The first kappa shape index (κ1) is 26.8. The summed E-state index contributed by atoms with van der Waals surface area (Å²) in [6.45, 7) is 2.71. The summed E-state index contributed by atoms with van der Waals surface area (Å²) in [4.78, 5) is 16.1. The Morgan fingerprint density at radius 1 is 1.08 bits per heavy atom. The third-order valence-electron chi connectivity index (χ3n) is 6.04. The Morgan fingerprint density at radius 2 is 1.65 bits per heavy atom. The van der Waals surface area contributed by atoms with Gasteiger partial charge in [0.1, 0.15) is 23.5 Å². The molecule has 3 heterocycles. The van der Waals surface area contributed by atoms with Crippen LogP contribution < -0.4 is 14.2 Å². The molecule has 1 saturated carbocycles. The van der Waals surface area contributed by atoms with Crippen LogP contribution in [0.2, 0.25) is 5.02 Å². The number of hydrogen-bond acceptors (Lipinski definition) is 11. The normalized spacial score (nSPS) is 20.2. The quantitative estimate of drug-likeness (QED) is 0.388. The van der Waals surface area contributed by atoms with E-state index in [9.17, 15) is 17.2 Å². The van der Waals surface area contributed by atoms with Gasteiger partial charge < -0.3 is 14.2 Å². The Hall–Kier alpha value is -3.24. The van der Waals surface area contributed by atoms with Crippen LogP contribution in [-0.2, 0) is 14.8 Å². The number of nitrogens with zero attached hydrogens (tertiary/aromatic N) is 7. The van der Waals surface area contributed by atoms with E-state index in [4.69, 9.17) is 25.8 Å². The van der Waals surface area contributed by atoms with E-state index in [1.165, 1.54) is 47.6 Å². The fourth-order valence-corrected chi connectivity index (χ4v) is 5.08. The molecule has 4 rings (SSSR count). The lowest BCUT2D eigenvalue weighted by molar-refractivity contribution is 0.0949. The van der Waals surface area contributed by atoms with Gasteiger partial charge in [0.15, 0.2) is 11.5 Å². The van der Waals surface area contributed by atoms with Crippen molar-refractivity contribution < 1.29 is 31.4 Å². The van der Waals surface area contributed by atoms with Gasteiger partial charge in [-0.1, -0.05) is 18.5 Å². The van der Waals surface area contributed by atoms with Crippen LogP contribution >= 0.6 is 11.6 Å². The van der Waals surface area contributed by atoms with E-state index in [0.29, 0.717) is 0 Å². The van der Waals surface area contributed by atoms with Crippen molar-refractivity contribution in [1.29, 1.82) is 0 Å². The molecular formula is C20H23ClF2N8O5S. The number of hydrogen-bond donors (Lipinski definition) is 1. The zero-order valence-corrected chi connectivity index (χ0v) is 21.8. The molecule has 3 aromatic heterocycles. The molecule has 0 radical (unpaired) electrons. The van der Waals surface area contributed by atoms with Crippen molar-refractivity contribution in [3.05, 3.63) is 35.4 Å². The summed E-state index contributed by atoms with van der Waals surface area (Å²) in [6, 6.07) is 0. The molecule has 0 saturated heterocycles. The van der Waals surface area contributed by atoms with Crippen LogP contribution in [0.25, 0.3) is 5.69 Å². The maximum atomic E-state index is 14.4. The minimum atomic E-state index is -4.31. The molecule has 1 aliphatic carbocycles. The minimum Gasteiger partial charge on any atom is -0.479 e. The van der Waals surface area contributed by atoms with Crippen LogP contribution in [0.3, 0.4) is 0 Å². The van der Waals surface area contributed by atoms with Gasteiger partial charge in [0.05, 0.1) is 25.2 Å². The number of rotatable bonds is 10. The molecule has 0 amide bonds. The van der Waals surface area contributed by atoms with Crippen LogP contribution in [0.4, 0.5) is 14.7 Å². The molecular weight excluding hydrogens is 538 g/mol. The summed E-state index contributed by atoms with van der Waals surface area (Å²) in [5, 5.41) is 6.75. The molecule has 200 valence electrons. The van der Waals surface area contributed by atoms with Gasteiger partial charge in [-0.15, -0.1) is 10.2 Å². The minimum absolute atomic E-state index is 0.0583. The highest BCUT2D eigenvalue weighted by molar-refractivity contribution is 7.93. The second kappa shape index (κ2) is 9.90. The number of ether oxygens (including phenoxy) is 3. The highest BCUT2D eigenvalue weighted by Gasteiger charge is 2.68. The fourth-order valence-electron chi connectivity index (χ4n) is 3.86. The zero-order chi connectivity index (χ0) is 27.1. The highest BCUT2D eigenvalue weighted by atomic mass is 35.5. The summed E-state index contributed by atoms with van der Waals surface area (Å²) in [5.41, 5.74) is -0.0583. The molecule has 0 spiro atoms. The lowest BCUT2D eigenvalue weighted by atomic mass is 10.2. The SMILES string of the molecule is COc1ncnc(OC)c1-n1c(NS(=O)(=O)C(C)C(OC)c2ncc(Cl)cn2)nnc1C1C(C)C1(F)F. The summed E-state index contributed by atoms with van der Waals surface area (Å²) >= 11 is 5.83. The van der Waals surface area contributed by atoms with Crippen LogP contribution in [0.5, 0.6) is 11.8 Å². The summed E-state index contributed by atoms with van der Waals surface area (Å²) in [7, 11) is -0.421. The van der Waals surface area contributed by atoms with Gasteiger partial charge >= 0.3 is 0 Å². The average molecular weight is 561 g/mol. The Bertz CT molecular complexity index is 1370. The number of methoxy groups -OCH3 is 3. The van der Waals surface area contributed by atoms with Gasteiger partial charge in [-0.2, -0.15) is 9.97 Å². The van der Waals surface area contributed by atoms with E-state index < -0.39 is 45.1 Å². The van der Waals surface area contributed by atoms with E-state index in [1.54, 1.807) is 0 Å². The monoisotopic (exact) mass is 560 g/mol. The number of sulfonamides is 1. The molecule has 1 fully saturated rings. The topological polar surface area (TPSA) is 156 Å². The first-order valence-electron chi connectivity index (χ1n) is 10.8. The largest absolute Gasteiger partial charge is 0.479 e. The van der Waals surface area contributed by atoms with E-state index >= 15 is 0 Å². The van der Waals surface area contributed by atoms with Crippen LogP contribution in [0, 0.1) is 5.92 Å². The summed E-state index contributed by atoms with van der Waals surface area (Å²) in [5.74, 6) is -6.23. The summed E-state index contributed by atoms with van der Waals surface area (Å²) in [6.07, 6.45) is 2.64. The smallest absolute Gasteiger partial charge is 0.261 e. The lowest BCUT2D eigenvalue weighted by Gasteiger charge is -2.22. The standard InChI is InChI=1S/C20H23ClF2N8O5S/c1-9-12(20(9,22)23)16-28-29-19(31(16)13-17(35-4)26-8-27-18(13)36-5)30-37(32,33)10(2)14(34-3)15-24-6-11(21)7-25-15/h6-10,12,14H,1-5H3,(H,29,30). The molecule has 0 aromatic carbocycles. The molecule has 4 atom stereocenters. The molecule has 1 aliphatic rings. The van der Waals surface area contributed by atoms with Crippen LogP contribution in [-0.4, -0.2) is 75.6 Å². The highest BCUT2D eigenvalue weighted by Crippen LogP contribution is 2.61. The molecule has 0 bridgehead atoms. The number of halogens is 3. The summed E-state index contributed by atoms with van der Waals surface area (Å²) < 4.78 is 75.0. The van der Waals surface area contributed by atoms with Crippen molar-refractivity contribution in [2.45, 2.75) is 37.0 Å². The third-order valence-corrected chi connectivity index (χ3v) is 7.93. The number of anilines is 1. The van der Waals surface area contributed by atoms with E-state index in [2.05, 4.69) is 34.9 Å². The van der Waals surface area contributed by atoms with Crippen molar-refractivity contribution in [2.24, 2.45) is 5.92 Å². The van der Waals surface area contributed by atoms with Crippen LogP contribution in [0.15, 0.2) is 18.7 Å². The fraction of sp³-hybridized carbons (Fsp3) is 0.500. The van der Waals surface area contributed by atoms with Gasteiger partial charge in [-0.25, -0.2) is 27.2 Å². The number of nitrogens with one attached hydrogen (secondary N) is 1. The zero-order valence-electron chi connectivity index (χ0n) is 20.3. The van der Waals surface area contributed by atoms with E-state index in [0.717, 1.165) is 10.9 Å². The van der Waals surface area contributed by atoms with E-state index in [1.807, 2.05) is 0 Å². The average Bonchev–Trinajstić information content (AvgIpc) is 3.15. The second-order valence-corrected chi connectivity index (χ2v) is 10.6. The van der Waals surface area contributed by atoms with Gasteiger partial charge in [0.25, 0.3) is 5.92 Å². The predicted octanol–water partition coefficient (Wildman–Crippen LogP) is 2.40.